The Labute approximate surface area is 197 Å². The molecule has 0 radical (unpaired) electrons. The maximum absolute atomic E-state index is 13.9. The van der Waals surface area contributed by atoms with Gasteiger partial charge in [-0.2, -0.15) is 5.26 Å². The van der Waals surface area contributed by atoms with Gasteiger partial charge in [0.2, 0.25) is 0 Å². The lowest BCUT2D eigenvalue weighted by molar-refractivity contribution is 0.480. The first-order chi connectivity index (χ1) is 15.7. The summed E-state index contributed by atoms with van der Waals surface area (Å²) in [5, 5.41) is 9.68. The highest BCUT2D eigenvalue weighted by atomic mass is 35.5. The maximum Gasteiger partial charge on any atom is 0.263 e. The molecule has 0 saturated carbocycles. The van der Waals surface area contributed by atoms with Gasteiger partial charge in [0.15, 0.2) is 5.13 Å². The van der Waals surface area contributed by atoms with Crippen LogP contribution in [0.4, 0.5) is 15.3 Å². The summed E-state index contributed by atoms with van der Waals surface area (Å²) in [6.45, 7) is 0. The van der Waals surface area contributed by atoms with E-state index in [1.165, 1.54) is 48.8 Å². The number of hydrogen-bond acceptors (Lipinski definition) is 8. The summed E-state index contributed by atoms with van der Waals surface area (Å²) in [7, 11) is -4.02. The summed E-state index contributed by atoms with van der Waals surface area (Å²) < 4.78 is 47.8. The average molecular weight is 502 g/mol. The predicted molar refractivity (Wildman–Crippen MR) is 123 cm³/mol. The highest BCUT2D eigenvalue weighted by Gasteiger charge is 2.19. The number of aromatic nitrogens is 2. The van der Waals surface area contributed by atoms with Crippen LogP contribution in [0.15, 0.2) is 65.8 Å². The van der Waals surface area contributed by atoms with Gasteiger partial charge in [-0.25, -0.2) is 22.8 Å². The van der Waals surface area contributed by atoms with Crippen LogP contribution in [0.3, 0.4) is 0 Å². The molecule has 0 aliphatic carbocycles. The van der Waals surface area contributed by atoms with Crippen LogP contribution in [0.2, 0.25) is 4.34 Å². The first kappa shape index (κ1) is 22.5. The largest absolute Gasteiger partial charge is 0.455 e. The van der Waals surface area contributed by atoms with Gasteiger partial charge >= 0.3 is 0 Å². The molecule has 8 nitrogen and oxygen atoms in total. The van der Waals surface area contributed by atoms with Crippen molar-refractivity contribution in [1.29, 1.82) is 5.26 Å². The Morgan fingerprint density at radius 1 is 1.12 bits per heavy atom. The fourth-order valence-corrected chi connectivity index (χ4v) is 4.96. The molecular weight excluding hydrogens is 489 g/mol. The number of nitrogen functional groups attached to an aromatic ring is 1. The minimum absolute atomic E-state index is 0.0421. The zero-order valence-electron chi connectivity index (χ0n) is 16.5. The van der Waals surface area contributed by atoms with Crippen LogP contribution in [-0.2, 0) is 10.0 Å². The minimum Gasteiger partial charge on any atom is -0.455 e. The van der Waals surface area contributed by atoms with E-state index >= 15 is 0 Å². The summed E-state index contributed by atoms with van der Waals surface area (Å²) in [5.74, 6) is 0.0698. The van der Waals surface area contributed by atoms with Crippen LogP contribution in [0.25, 0.3) is 11.1 Å². The molecule has 2 aromatic heterocycles. The smallest absolute Gasteiger partial charge is 0.263 e. The van der Waals surface area contributed by atoms with Crippen LogP contribution < -0.4 is 15.2 Å². The van der Waals surface area contributed by atoms with Gasteiger partial charge in [0.1, 0.15) is 33.5 Å². The van der Waals surface area contributed by atoms with Crippen molar-refractivity contribution in [3.05, 3.63) is 76.6 Å². The lowest BCUT2D eigenvalue weighted by atomic mass is 10.1. The van der Waals surface area contributed by atoms with E-state index in [2.05, 4.69) is 14.7 Å². The molecule has 33 heavy (non-hydrogen) atoms. The van der Waals surface area contributed by atoms with Gasteiger partial charge in [0.25, 0.3) is 10.0 Å². The van der Waals surface area contributed by atoms with E-state index < -0.39 is 15.8 Å². The molecule has 12 heteroatoms. The van der Waals surface area contributed by atoms with Gasteiger partial charge in [-0.05, 0) is 54.1 Å². The maximum atomic E-state index is 13.9. The number of ether oxygens (including phenoxy) is 1. The topological polar surface area (TPSA) is 131 Å². The number of sulfonamides is 1. The Morgan fingerprint density at radius 3 is 2.61 bits per heavy atom. The molecular formula is C21H13ClFN5O3S2. The number of hydrogen-bond donors (Lipinski definition) is 2. The zero-order valence-corrected chi connectivity index (χ0v) is 18.9. The Hall–Kier alpha value is -3.72. The van der Waals surface area contributed by atoms with E-state index in [1.54, 1.807) is 12.1 Å². The number of benzene rings is 2. The fourth-order valence-electron chi connectivity index (χ4n) is 2.88. The van der Waals surface area contributed by atoms with E-state index in [1.807, 2.05) is 6.07 Å². The van der Waals surface area contributed by atoms with Crippen molar-refractivity contribution in [1.82, 2.24) is 9.97 Å². The van der Waals surface area contributed by atoms with Crippen molar-refractivity contribution in [3.63, 3.8) is 0 Å². The molecule has 4 aromatic rings. The Bertz CT molecular complexity index is 1500. The molecule has 0 fully saturated rings. The minimum atomic E-state index is -4.02. The van der Waals surface area contributed by atoms with Gasteiger partial charge in [-0.3, -0.25) is 4.72 Å². The van der Waals surface area contributed by atoms with E-state index in [9.17, 15) is 18.1 Å². The highest BCUT2D eigenvalue weighted by molar-refractivity contribution is 7.93. The zero-order chi connectivity index (χ0) is 23.6. The van der Waals surface area contributed by atoms with Crippen LogP contribution in [-0.4, -0.2) is 18.4 Å². The molecule has 0 amide bonds. The highest BCUT2D eigenvalue weighted by Crippen LogP contribution is 2.36. The van der Waals surface area contributed by atoms with Crippen LogP contribution in [0.1, 0.15) is 5.56 Å². The number of nitrogens with two attached hydrogens (primary N) is 1. The molecule has 2 aromatic carbocycles. The molecule has 0 aliphatic rings. The second kappa shape index (κ2) is 9.03. The third-order valence-electron chi connectivity index (χ3n) is 4.33. The molecule has 0 aliphatic heterocycles. The summed E-state index contributed by atoms with van der Waals surface area (Å²) in [6, 6.07) is 12.8. The van der Waals surface area contributed by atoms with Crippen molar-refractivity contribution < 1.29 is 17.5 Å². The molecule has 0 saturated heterocycles. The summed E-state index contributed by atoms with van der Waals surface area (Å²) in [6.07, 6.45) is 2.79. The third-order valence-corrected chi connectivity index (χ3v) is 6.83. The Morgan fingerprint density at radius 2 is 1.91 bits per heavy atom. The molecule has 0 unspecified atom stereocenters. The summed E-state index contributed by atoms with van der Waals surface area (Å²) >= 11 is 6.74. The van der Waals surface area contributed by atoms with Crippen molar-refractivity contribution in [3.8, 4) is 28.7 Å². The number of anilines is 2. The second-order valence-electron chi connectivity index (χ2n) is 6.56. The van der Waals surface area contributed by atoms with Crippen molar-refractivity contribution in [2.24, 2.45) is 0 Å². The van der Waals surface area contributed by atoms with Gasteiger partial charge in [0, 0.05) is 11.8 Å². The van der Waals surface area contributed by atoms with E-state index in [-0.39, 0.29) is 32.9 Å². The Kier molecular flexibility index (Phi) is 6.15. The summed E-state index contributed by atoms with van der Waals surface area (Å²) in [4.78, 5) is 7.61. The van der Waals surface area contributed by atoms with Crippen LogP contribution >= 0.6 is 22.9 Å². The number of thiazole rings is 1. The first-order valence-electron chi connectivity index (χ1n) is 9.13. The quantitative estimate of drug-likeness (QED) is 0.378. The number of halogens is 2. The average Bonchev–Trinajstić information content (AvgIpc) is 3.18. The predicted octanol–water partition coefficient (Wildman–Crippen LogP) is 5.04. The lowest BCUT2D eigenvalue weighted by Gasteiger charge is -2.14. The van der Waals surface area contributed by atoms with Crippen molar-refractivity contribution in [2.75, 3.05) is 10.5 Å². The third kappa shape index (κ3) is 5.04. The lowest BCUT2D eigenvalue weighted by Crippen LogP contribution is -2.13. The first-order valence-corrected chi connectivity index (χ1v) is 11.8. The van der Waals surface area contributed by atoms with Gasteiger partial charge in [0.05, 0.1) is 16.7 Å². The molecule has 4 rings (SSSR count). The normalized spacial score (nSPS) is 11.1. The van der Waals surface area contributed by atoms with Crippen LogP contribution in [0, 0.1) is 17.1 Å². The standard InChI is InChI=1S/C21H13ClFN5O3S2/c22-19-11-27-21(32-19)28-33(29,30)15-2-4-17(13(7-15)10-24)31-18-3-1-14(23)9-16(18)12-5-6-26-20(25)8-12/h1-9,11H,(H2,25,26)(H,27,28). The van der Waals surface area contributed by atoms with E-state index in [0.717, 1.165) is 11.3 Å². The second-order valence-corrected chi connectivity index (χ2v) is 9.90. The number of pyridine rings is 1. The Balaban J connectivity index is 1.68. The number of nitrogens with one attached hydrogen (secondary N) is 1. The van der Waals surface area contributed by atoms with Crippen molar-refractivity contribution >= 4 is 43.9 Å². The molecule has 0 atom stereocenters. The van der Waals surface area contributed by atoms with E-state index in [4.69, 9.17) is 22.1 Å². The SMILES string of the molecule is N#Cc1cc(S(=O)(=O)Nc2ncc(Cl)s2)ccc1Oc1ccc(F)cc1-c1ccnc(N)c1. The van der Waals surface area contributed by atoms with Gasteiger partial charge in [-0.1, -0.05) is 22.9 Å². The molecule has 0 spiro atoms. The van der Waals surface area contributed by atoms with Gasteiger partial charge < -0.3 is 10.5 Å². The number of nitriles is 1. The molecule has 2 heterocycles. The molecule has 0 bridgehead atoms. The summed E-state index contributed by atoms with van der Waals surface area (Å²) in [5.41, 5.74) is 6.63. The number of rotatable bonds is 6. The number of nitrogens with zero attached hydrogens (tertiary/aromatic N) is 3. The molecule has 166 valence electrons. The van der Waals surface area contributed by atoms with Crippen molar-refractivity contribution in [2.45, 2.75) is 4.90 Å². The fraction of sp³-hybridized carbons (Fsp3) is 0. The van der Waals surface area contributed by atoms with Gasteiger partial charge in [-0.15, -0.1) is 0 Å². The van der Waals surface area contributed by atoms with E-state index in [0.29, 0.717) is 15.5 Å². The molecule has 3 N–H and O–H groups in total. The van der Waals surface area contributed by atoms with Crippen LogP contribution in [0.5, 0.6) is 11.5 Å². The monoisotopic (exact) mass is 501 g/mol.